The molecule has 5 nitrogen and oxygen atoms in total. The van der Waals surface area contributed by atoms with Crippen LogP contribution in [0.1, 0.15) is 6.92 Å². The highest BCUT2D eigenvalue weighted by atomic mass is 15.2. The van der Waals surface area contributed by atoms with Crippen LogP contribution in [-0.2, 0) is 6.54 Å². The van der Waals surface area contributed by atoms with Crippen LogP contribution in [0.25, 0.3) is 11.2 Å². The summed E-state index contributed by atoms with van der Waals surface area (Å²) in [6.07, 6.45) is 3.54. The summed E-state index contributed by atoms with van der Waals surface area (Å²) < 4.78 is 2.00. The maximum Gasteiger partial charge on any atom is 0.226 e. The Balaban J connectivity index is 2.61. The van der Waals surface area contributed by atoms with E-state index in [1.54, 1.807) is 12.5 Å². The van der Waals surface area contributed by atoms with Crippen LogP contribution in [-0.4, -0.2) is 33.6 Å². The second kappa shape index (κ2) is 3.25. The van der Waals surface area contributed by atoms with Gasteiger partial charge in [-0.25, -0.2) is 9.97 Å². The summed E-state index contributed by atoms with van der Waals surface area (Å²) in [7, 11) is 3.85. The van der Waals surface area contributed by atoms with Gasteiger partial charge < -0.3 is 9.47 Å². The Morgan fingerprint density at radius 3 is 2.79 bits per heavy atom. The number of anilines is 1. The molecule has 2 heterocycles. The van der Waals surface area contributed by atoms with Crippen LogP contribution in [0.4, 0.5) is 5.95 Å². The van der Waals surface area contributed by atoms with Gasteiger partial charge in [-0.05, 0) is 6.92 Å². The molecule has 0 aliphatic rings. The van der Waals surface area contributed by atoms with Gasteiger partial charge in [0.15, 0.2) is 5.65 Å². The molecule has 0 amide bonds. The lowest BCUT2D eigenvalue weighted by molar-refractivity contribution is 0.776. The Morgan fingerprint density at radius 1 is 1.36 bits per heavy atom. The van der Waals surface area contributed by atoms with E-state index in [1.165, 1.54) is 0 Å². The molecule has 0 unspecified atom stereocenters. The van der Waals surface area contributed by atoms with E-state index < -0.39 is 0 Å². The van der Waals surface area contributed by atoms with Gasteiger partial charge in [-0.15, -0.1) is 0 Å². The van der Waals surface area contributed by atoms with Gasteiger partial charge in [-0.1, -0.05) is 0 Å². The molecule has 0 saturated heterocycles. The maximum atomic E-state index is 4.42. The average molecular weight is 191 g/mol. The molecule has 0 bridgehead atoms. The van der Waals surface area contributed by atoms with Crippen molar-refractivity contribution < 1.29 is 0 Å². The van der Waals surface area contributed by atoms with Crippen LogP contribution >= 0.6 is 0 Å². The predicted molar refractivity (Wildman–Crippen MR) is 55.3 cm³/mol. The first-order valence-corrected chi connectivity index (χ1v) is 4.57. The second-order valence-electron chi connectivity index (χ2n) is 3.30. The molecular weight excluding hydrogens is 178 g/mol. The lowest BCUT2D eigenvalue weighted by atomic mass is 10.5. The molecule has 0 aromatic carbocycles. The molecule has 5 heteroatoms. The standard InChI is InChI=1S/C9H13N5/c1-4-14-6-11-7-5-10-9(13(2)3)12-8(7)14/h5-6H,4H2,1-3H3. The second-order valence-corrected chi connectivity index (χ2v) is 3.30. The first-order valence-electron chi connectivity index (χ1n) is 4.57. The molecule has 2 rings (SSSR count). The summed E-state index contributed by atoms with van der Waals surface area (Å²) in [5.41, 5.74) is 1.74. The Morgan fingerprint density at radius 2 is 2.14 bits per heavy atom. The topological polar surface area (TPSA) is 46.8 Å². The molecule has 2 aromatic rings. The minimum absolute atomic E-state index is 0.715. The smallest absolute Gasteiger partial charge is 0.226 e. The Hall–Kier alpha value is -1.65. The van der Waals surface area contributed by atoms with Gasteiger partial charge in [0.05, 0.1) is 12.5 Å². The van der Waals surface area contributed by atoms with E-state index in [9.17, 15) is 0 Å². The first kappa shape index (κ1) is 8.93. The molecule has 0 atom stereocenters. The third-order valence-electron chi connectivity index (χ3n) is 2.09. The zero-order valence-electron chi connectivity index (χ0n) is 8.60. The summed E-state index contributed by atoms with van der Waals surface area (Å²) in [5.74, 6) is 0.715. The van der Waals surface area contributed by atoms with Crippen molar-refractivity contribution in [2.75, 3.05) is 19.0 Å². The molecule has 2 aromatic heterocycles. The largest absolute Gasteiger partial charge is 0.347 e. The van der Waals surface area contributed by atoms with E-state index in [0.29, 0.717) is 5.95 Å². The van der Waals surface area contributed by atoms with Gasteiger partial charge in [0, 0.05) is 20.6 Å². The number of aryl methyl sites for hydroxylation is 1. The number of fused-ring (bicyclic) bond motifs is 1. The quantitative estimate of drug-likeness (QED) is 0.708. The molecule has 0 aliphatic carbocycles. The van der Waals surface area contributed by atoms with Gasteiger partial charge in [-0.2, -0.15) is 4.98 Å². The van der Waals surface area contributed by atoms with Crippen molar-refractivity contribution in [1.29, 1.82) is 0 Å². The molecule has 74 valence electrons. The van der Waals surface area contributed by atoms with Gasteiger partial charge in [-0.3, -0.25) is 0 Å². The molecule has 0 N–H and O–H groups in total. The third-order valence-corrected chi connectivity index (χ3v) is 2.09. The minimum atomic E-state index is 0.715. The highest BCUT2D eigenvalue weighted by Crippen LogP contribution is 2.12. The number of hydrogen-bond donors (Lipinski definition) is 0. The van der Waals surface area contributed by atoms with Gasteiger partial charge in [0.2, 0.25) is 5.95 Å². The Kier molecular flexibility index (Phi) is 2.07. The summed E-state index contributed by atoms with van der Waals surface area (Å²) in [6.45, 7) is 2.94. The van der Waals surface area contributed by atoms with E-state index >= 15 is 0 Å². The summed E-state index contributed by atoms with van der Waals surface area (Å²) >= 11 is 0. The van der Waals surface area contributed by atoms with E-state index in [4.69, 9.17) is 0 Å². The normalized spacial score (nSPS) is 10.8. The van der Waals surface area contributed by atoms with Crippen LogP contribution in [0.3, 0.4) is 0 Å². The van der Waals surface area contributed by atoms with Crippen LogP contribution in [0.5, 0.6) is 0 Å². The third kappa shape index (κ3) is 1.30. The van der Waals surface area contributed by atoms with Crippen molar-refractivity contribution in [2.45, 2.75) is 13.5 Å². The molecule has 14 heavy (non-hydrogen) atoms. The molecule has 0 fully saturated rings. The Bertz CT molecular complexity index is 445. The predicted octanol–water partition coefficient (Wildman–Crippen LogP) is 0.912. The lowest BCUT2D eigenvalue weighted by Crippen LogP contribution is -2.12. The van der Waals surface area contributed by atoms with Crippen molar-refractivity contribution >= 4 is 17.1 Å². The van der Waals surface area contributed by atoms with E-state index in [-0.39, 0.29) is 0 Å². The van der Waals surface area contributed by atoms with Crippen LogP contribution in [0, 0.1) is 0 Å². The average Bonchev–Trinajstić information content (AvgIpc) is 2.59. The minimum Gasteiger partial charge on any atom is -0.347 e. The number of imidazole rings is 1. The van der Waals surface area contributed by atoms with Crippen molar-refractivity contribution in [3.63, 3.8) is 0 Å². The van der Waals surface area contributed by atoms with Crippen molar-refractivity contribution in [3.8, 4) is 0 Å². The van der Waals surface area contributed by atoms with E-state index in [0.717, 1.165) is 17.7 Å². The molecular formula is C9H13N5. The lowest BCUT2D eigenvalue weighted by Gasteiger charge is -2.09. The molecule has 0 spiro atoms. The number of hydrogen-bond acceptors (Lipinski definition) is 4. The summed E-state index contributed by atoms with van der Waals surface area (Å²) in [6, 6.07) is 0. The van der Waals surface area contributed by atoms with Crippen molar-refractivity contribution in [2.24, 2.45) is 0 Å². The SMILES string of the molecule is CCn1cnc2cnc(N(C)C)nc21. The van der Waals surface area contributed by atoms with E-state index in [1.807, 2.05) is 23.6 Å². The zero-order valence-corrected chi connectivity index (χ0v) is 8.60. The maximum absolute atomic E-state index is 4.42. The Labute approximate surface area is 82.4 Å². The fraction of sp³-hybridized carbons (Fsp3) is 0.444. The van der Waals surface area contributed by atoms with Gasteiger partial charge in [0.1, 0.15) is 5.52 Å². The highest BCUT2D eigenvalue weighted by Gasteiger charge is 2.05. The summed E-state index contributed by atoms with van der Waals surface area (Å²) in [5, 5.41) is 0. The van der Waals surface area contributed by atoms with E-state index in [2.05, 4.69) is 21.9 Å². The number of nitrogens with zero attached hydrogens (tertiary/aromatic N) is 5. The monoisotopic (exact) mass is 191 g/mol. The first-order chi connectivity index (χ1) is 6.72. The molecule has 0 radical (unpaired) electrons. The fourth-order valence-electron chi connectivity index (χ4n) is 1.29. The van der Waals surface area contributed by atoms with Crippen LogP contribution in [0.2, 0.25) is 0 Å². The van der Waals surface area contributed by atoms with Gasteiger partial charge in [0.25, 0.3) is 0 Å². The van der Waals surface area contributed by atoms with Crippen molar-refractivity contribution in [3.05, 3.63) is 12.5 Å². The fourth-order valence-corrected chi connectivity index (χ4v) is 1.29. The van der Waals surface area contributed by atoms with Gasteiger partial charge >= 0.3 is 0 Å². The summed E-state index contributed by atoms with van der Waals surface area (Å²) in [4.78, 5) is 14.7. The molecule has 0 aliphatic heterocycles. The number of aromatic nitrogens is 4. The zero-order chi connectivity index (χ0) is 10.1. The van der Waals surface area contributed by atoms with Crippen LogP contribution < -0.4 is 4.90 Å². The van der Waals surface area contributed by atoms with Crippen LogP contribution in [0.15, 0.2) is 12.5 Å². The molecule has 0 saturated carbocycles. The number of rotatable bonds is 2. The van der Waals surface area contributed by atoms with Crippen molar-refractivity contribution in [1.82, 2.24) is 19.5 Å². The highest BCUT2D eigenvalue weighted by molar-refractivity contribution is 5.70.